The standard InChI is InChI=1S/C41H45IN2O9/c1-40(2,3)52-35(46)20-19-31(25-45)43-37(47)32-18-11-21-44(32)38(48)27-23-33(50-39(49)26-12-10-17-30(42)22-26)36-34(24-27)51-41(53-36,28-13-6-4-7-14-28)29-15-8-5-9-16-29/h4-10,12-17,22,24,31-34,36,45H,11,18-21,23,25H2,1-3H3,(H,43,47)/t31-,32+,33+,34+,36-/m0/s1. The first-order valence-corrected chi connectivity index (χ1v) is 19.0. The van der Waals surface area contributed by atoms with Crippen LogP contribution in [0, 0.1) is 3.57 Å². The van der Waals surface area contributed by atoms with E-state index >= 15 is 0 Å². The van der Waals surface area contributed by atoms with Gasteiger partial charge in [-0.25, -0.2) is 4.79 Å². The summed E-state index contributed by atoms with van der Waals surface area (Å²) in [5.41, 5.74) is 1.55. The molecule has 0 bridgehead atoms. The van der Waals surface area contributed by atoms with Gasteiger partial charge in [-0.2, -0.15) is 0 Å². The number of likely N-dealkylation sites (tertiary alicyclic amines) is 1. The minimum atomic E-state index is -1.35. The molecule has 6 rings (SSSR count). The van der Waals surface area contributed by atoms with E-state index in [1.807, 2.05) is 66.7 Å². The van der Waals surface area contributed by atoms with Gasteiger partial charge in [0.2, 0.25) is 17.6 Å². The van der Waals surface area contributed by atoms with Gasteiger partial charge in [0.15, 0.2) is 0 Å². The Balaban J connectivity index is 1.26. The van der Waals surface area contributed by atoms with Gasteiger partial charge in [-0.15, -0.1) is 0 Å². The summed E-state index contributed by atoms with van der Waals surface area (Å²) >= 11 is 2.13. The first-order chi connectivity index (χ1) is 25.4. The fraction of sp³-hybridized carbons (Fsp3) is 0.415. The molecule has 53 heavy (non-hydrogen) atoms. The molecule has 3 aromatic rings. The predicted molar refractivity (Wildman–Crippen MR) is 203 cm³/mol. The van der Waals surface area contributed by atoms with E-state index in [1.165, 1.54) is 4.90 Å². The number of nitrogens with zero attached hydrogens (tertiary/aromatic N) is 1. The van der Waals surface area contributed by atoms with Gasteiger partial charge in [-0.3, -0.25) is 14.4 Å². The van der Waals surface area contributed by atoms with Gasteiger partial charge in [0.1, 0.15) is 30.0 Å². The third-order valence-electron chi connectivity index (χ3n) is 9.48. The number of carbonyl (C=O) groups is 4. The molecule has 0 spiro atoms. The smallest absolute Gasteiger partial charge is 0.338 e. The SMILES string of the molecule is CC(C)(C)OC(=O)CC[C@@H](CO)NC(=O)[C@H]1CCCN1C(=O)C1=C[C@H]2OC(c3ccccc3)(c3ccccc3)O[C@H]2[C@H](OC(=O)c2cccc(I)c2)C1. The largest absolute Gasteiger partial charge is 0.460 e. The van der Waals surface area contributed by atoms with E-state index in [9.17, 15) is 24.3 Å². The summed E-state index contributed by atoms with van der Waals surface area (Å²) in [6.45, 7) is 5.28. The van der Waals surface area contributed by atoms with E-state index in [0.29, 0.717) is 30.5 Å². The monoisotopic (exact) mass is 836 g/mol. The zero-order valence-electron chi connectivity index (χ0n) is 30.0. The fourth-order valence-electron chi connectivity index (χ4n) is 7.06. The van der Waals surface area contributed by atoms with E-state index in [4.69, 9.17) is 18.9 Å². The van der Waals surface area contributed by atoms with Gasteiger partial charge in [0, 0.05) is 39.7 Å². The number of amides is 2. The molecule has 0 radical (unpaired) electrons. The Hall–Kier alpha value is -4.11. The summed E-state index contributed by atoms with van der Waals surface area (Å²) in [6, 6.07) is 24.6. The Kier molecular flexibility index (Phi) is 12.0. The maximum absolute atomic E-state index is 14.4. The summed E-state index contributed by atoms with van der Waals surface area (Å²) in [4.78, 5) is 55.4. The van der Waals surface area contributed by atoms with Crippen molar-refractivity contribution >= 4 is 46.3 Å². The molecule has 2 saturated heterocycles. The molecule has 1 aliphatic carbocycles. The lowest BCUT2D eigenvalue weighted by Crippen LogP contribution is -2.51. The summed E-state index contributed by atoms with van der Waals surface area (Å²) < 4.78 is 26.1. The minimum absolute atomic E-state index is 0.0172. The average molecular weight is 837 g/mol. The van der Waals surface area contributed by atoms with Gasteiger partial charge in [-0.1, -0.05) is 66.7 Å². The highest BCUT2D eigenvalue weighted by molar-refractivity contribution is 14.1. The average Bonchev–Trinajstić information content (AvgIpc) is 3.80. The topological polar surface area (TPSA) is 141 Å². The molecule has 5 atom stereocenters. The third kappa shape index (κ3) is 8.99. The molecule has 0 aromatic heterocycles. The molecule has 2 N–H and O–H groups in total. The van der Waals surface area contributed by atoms with Crippen molar-refractivity contribution in [3.8, 4) is 0 Å². The Morgan fingerprint density at radius 2 is 1.66 bits per heavy atom. The van der Waals surface area contributed by atoms with Crippen LogP contribution in [0.25, 0.3) is 0 Å². The minimum Gasteiger partial charge on any atom is -0.460 e. The van der Waals surface area contributed by atoms with Crippen molar-refractivity contribution in [1.82, 2.24) is 10.2 Å². The maximum Gasteiger partial charge on any atom is 0.338 e. The second-order valence-corrected chi connectivity index (χ2v) is 15.8. The van der Waals surface area contributed by atoms with Crippen LogP contribution in [0.2, 0.25) is 0 Å². The number of ether oxygens (including phenoxy) is 4. The van der Waals surface area contributed by atoms with Crippen LogP contribution >= 0.6 is 22.6 Å². The summed E-state index contributed by atoms with van der Waals surface area (Å²) in [6.07, 6.45) is 0.567. The number of aliphatic hydroxyl groups is 1. The van der Waals surface area contributed by atoms with Crippen LogP contribution in [-0.4, -0.2) is 82.9 Å². The Labute approximate surface area is 323 Å². The normalized spacial score (nSPS) is 22.7. The molecule has 0 unspecified atom stereocenters. The zero-order chi connectivity index (χ0) is 37.8. The van der Waals surface area contributed by atoms with Crippen molar-refractivity contribution in [3.63, 3.8) is 0 Å². The van der Waals surface area contributed by atoms with E-state index in [-0.39, 0.29) is 31.8 Å². The molecule has 280 valence electrons. The summed E-state index contributed by atoms with van der Waals surface area (Å²) in [5, 5.41) is 12.8. The van der Waals surface area contributed by atoms with Gasteiger partial charge >= 0.3 is 11.9 Å². The van der Waals surface area contributed by atoms with Crippen molar-refractivity contribution in [2.24, 2.45) is 0 Å². The third-order valence-corrected chi connectivity index (χ3v) is 10.2. The number of aliphatic hydroxyl groups excluding tert-OH is 1. The van der Waals surface area contributed by atoms with E-state index in [1.54, 1.807) is 45.0 Å². The maximum atomic E-state index is 14.4. The predicted octanol–water partition coefficient (Wildman–Crippen LogP) is 5.42. The molecular formula is C41H45IN2O9. The molecule has 0 saturated carbocycles. The van der Waals surface area contributed by atoms with Crippen molar-refractivity contribution in [1.29, 1.82) is 0 Å². The van der Waals surface area contributed by atoms with Crippen LogP contribution in [-0.2, 0) is 39.1 Å². The van der Waals surface area contributed by atoms with Crippen LogP contribution in [0.4, 0.5) is 0 Å². The second kappa shape index (κ2) is 16.5. The number of rotatable bonds is 11. The second-order valence-electron chi connectivity index (χ2n) is 14.5. The number of fused-ring (bicyclic) bond motifs is 1. The van der Waals surface area contributed by atoms with Crippen LogP contribution in [0.15, 0.2) is 96.6 Å². The van der Waals surface area contributed by atoms with E-state index in [0.717, 1.165) is 14.7 Å². The number of nitrogens with one attached hydrogen (secondary N) is 1. The number of esters is 2. The van der Waals surface area contributed by atoms with Crippen molar-refractivity contribution in [2.45, 2.75) is 94.7 Å². The van der Waals surface area contributed by atoms with Gasteiger partial charge in [-0.05, 0) is 86.9 Å². The van der Waals surface area contributed by atoms with Gasteiger partial charge in [0.05, 0.1) is 18.2 Å². The van der Waals surface area contributed by atoms with E-state index in [2.05, 4.69) is 27.9 Å². The van der Waals surface area contributed by atoms with Crippen LogP contribution in [0.1, 0.15) is 74.4 Å². The number of halogens is 1. The van der Waals surface area contributed by atoms with E-state index < -0.39 is 59.6 Å². The number of hydrogen-bond donors (Lipinski definition) is 2. The molecule has 2 amide bonds. The lowest BCUT2D eigenvalue weighted by molar-refractivity contribution is -0.157. The van der Waals surface area contributed by atoms with Gasteiger partial charge in [0.25, 0.3) is 0 Å². The molecule has 12 heteroatoms. The number of benzene rings is 3. The Morgan fingerprint density at radius 3 is 2.28 bits per heavy atom. The van der Waals surface area contributed by atoms with Crippen LogP contribution < -0.4 is 5.32 Å². The molecule has 3 aliphatic rings. The highest BCUT2D eigenvalue weighted by atomic mass is 127. The number of carbonyl (C=O) groups excluding carboxylic acids is 4. The summed E-state index contributed by atoms with van der Waals surface area (Å²) in [5.74, 6) is -3.12. The molecule has 2 fully saturated rings. The Morgan fingerprint density at radius 1 is 0.981 bits per heavy atom. The van der Waals surface area contributed by atoms with Gasteiger partial charge < -0.3 is 34.3 Å². The zero-order valence-corrected chi connectivity index (χ0v) is 32.2. The highest BCUT2D eigenvalue weighted by Gasteiger charge is 2.55. The van der Waals surface area contributed by atoms with Crippen LogP contribution in [0.5, 0.6) is 0 Å². The van der Waals surface area contributed by atoms with Crippen molar-refractivity contribution < 1.29 is 43.2 Å². The quantitative estimate of drug-likeness (QED) is 0.192. The fourth-order valence-corrected chi connectivity index (χ4v) is 7.60. The lowest BCUT2D eigenvalue weighted by Gasteiger charge is -2.33. The highest BCUT2D eigenvalue weighted by Crippen LogP contribution is 2.47. The van der Waals surface area contributed by atoms with Crippen LogP contribution in [0.3, 0.4) is 0 Å². The molecule has 2 aliphatic heterocycles. The first-order valence-electron chi connectivity index (χ1n) is 17.9. The first kappa shape index (κ1) is 38.6. The molecule has 3 aromatic carbocycles. The molecule has 11 nitrogen and oxygen atoms in total. The molecular weight excluding hydrogens is 791 g/mol. The number of hydrogen-bond acceptors (Lipinski definition) is 9. The lowest BCUT2D eigenvalue weighted by atomic mass is 9.91. The molecule has 2 heterocycles. The Bertz CT molecular complexity index is 1790. The summed E-state index contributed by atoms with van der Waals surface area (Å²) in [7, 11) is 0. The van der Waals surface area contributed by atoms with Crippen molar-refractivity contribution in [3.05, 3.63) is 117 Å². The van der Waals surface area contributed by atoms with Crippen molar-refractivity contribution in [2.75, 3.05) is 13.2 Å².